The van der Waals surface area contributed by atoms with Crippen LogP contribution < -0.4 is 10.1 Å². The fraction of sp³-hybridized carbons (Fsp3) is 0.350. The summed E-state index contributed by atoms with van der Waals surface area (Å²) in [5.41, 5.74) is 1.83. The highest BCUT2D eigenvalue weighted by atomic mass is 19.1. The van der Waals surface area contributed by atoms with Crippen molar-refractivity contribution < 1.29 is 9.13 Å². The largest absolute Gasteiger partial charge is 0.487 e. The average molecular weight is 322 g/mol. The van der Waals surface area contributed by atoms with Crippen LogP contribution in [0.2, 0.25) is 0 Å². The maximum atomic E-state index is 14.9. The van der Waals surface area contributed by atoms with E-state index < -0.39 is 0 Å². The predicted octanol–water partition coefficient (Wildman–Crippen LogP) is 4.03. The lowest BCUT2D eigenvalue weighted by molar-refractivity contribution is 0.132. The Kier molecular flexibility index (Phi) is 3.95. The van der Waals surface area contributed by atoms with E-state index in [9.17, 15) is 4.39 Å². The molecule has 2 atom stereocenters. The number of nitrogens with zero attached hydrogens (tertiary/aromatic N) is 1. The van der Waals surface area contributed by atoms with Gasteiger partial charge in [-0.2, -0.15) is 5.26 Å². The van der Waals surface area contributed by atoms with E-state index in [-0.39, 0.29) is 11.9 Å². The molecule has 0 aromatic heterocycles. The zero-order chi connectivity index (χ0) is 16.5. The Labute approximate surface area is 141 Å². The first-order valence-electron chi connectivity index (χ1n) is 8.44. The Balaban J connectivity index is 1.57. The number of nitrogens with one attached hydrogen (secondary N) is 1. The number of fused-ring (bicyclic) bond motifs is 2. The monoisotopic (exact) mass is 322 g/mol. The summed E-state index contributed by atoms with van der Waals surface area (Å²) < 4.78 is 20.9. The molecule has 0 radical (unpaired) electrons. The number of rotatable bonds is 3. The van der Waals surface area contributed by atoms with E-state index in [2.05, 4.69) is 11.4 Å². The Morgan fingerprint density at radius 3 is 2.42 bits per heavy atom. The van der Waals surface area contributed by atoms with Gasteiger partial charge in [0.05, 0.1) is 11.6 Å². The van der Waals surface area contributed by atoms with Crippen molar-refractivity contribution in [2.45, 2.75) is 43.9 Å². The number of piperidine rings is 1. The van der Waals surface area contributed by atoms with Crippen LogP contribution in [0.15, 0.2) is 42.5 Å². The predicted molar refractivity (Wildman–Crippen MR) is 90.1 cm³/mol. The molecule has 0 amide bonds. The lowest BCUT2D eigenvalue weighted by Gasteiger charge is -2.29. The summed E-state index contributed by atoms with van der Waals surface area (Å²) in [6, 6.07) is 15.3. The van der Waals surface area contributed by atoms with Gasteiger partial charge >= 0.3 is 0 Å². The smallest absolute Gasteiger partial charge is 0.172 e. The molecule has 24 heavy (non-hydrogen) atoms. The second kappa shape index (κ2) is 6.26. The highest BCUT2D eigenvalue weighted by Crippen LogP contribution is 2.33. The molecule has 0 saturated carbocycles. The molecule has 2 unspecified atom stereocenters. The normalized spacial score (nSPS) is 25.2. The van der Waals surface area contributed by atoms with Crippen LogP contribution in [0.5, 0.6) is 5.75 Å². The van der Waals surface area contributed by atoms with Crippen molar-refractivity contribution in [3.8, 4) is 22.9 Å². The minimum Gasteiger partial charge on any atom is -0.487 e. The lowest BCUT2D eigenvalue weighted by atomic mass is 10.0. The third-order valence-electron chi connectivity index (χ3n) is 5.01. The van der Waals surface area contributed by atoms with Crippen LogP contribution in [0.4, 0.5) is 4.39 Å². The molecule has 2 aromatic rings. The first kappa shape index (κ1) is 15.2. The van der Waals surface area contributed by atoms with Gasteiger partial charge in [-0.3, -0.25) is 0 Å². The van der Waals surface area contributed by atoms with E-state index in [1.807, 2.05) is 6.07 Å². The van der Waals surface area contributed by atoms with Gasteiger partial charge in [-0.25, -0.2) is 4.39 Å². The molecule has 4 heteroatoms. The van der Waals surface area contributed by atoms with Crippen molar-refractivity contribution in [2.75, 3.05) is 0 Å². The molecule has 2 heterocycles. The number of hydrogen-bond acceptors (Lipinski definition) is 3. The van der Waals surface area contributed by atoms with Gasteiger partial charge in [0.15, 0.2) is 11.6 Å². The van der Waals surface area contributed by atoms with Crippen molar-refractivity contribution in [1.82, 2.24) is 5.32 Å². The quantitative estimate of drug-likeness (QED) is 0.928. The number of nitriles is 1. The Morgan fingerprint density at radius 1 is 1.04 bits per heavy atom. The Bertz CT molecular complexity index is 769. The molecular formula is C20H19FN2O. The van der Waals surface area contributed by atoms with Gasteiger partial charge < -0.3 is 10.1 Å². The van der Waals surface area contributed by atoms with E-state index in [1.54, 1.807) is 36.4 Å². The van der Waals surface area contributed by atoms with E-state index >= 15 is 0 Å². The first-order valence-corrected chi connectivity index (χ1v) is 8.44. The summed E-state index contributed by atoms with van der Waals surface area (Å²) in [4.78, 5) is 0. The average Bonchev–Trinajstić information content (AvgIpc) is 2.95. The van der Waals surface area contributed by atoms with Gasteiger partial charge in [0.1, 0.15) is 6.10 Å². The molecule has 0 spiro atoms. The van der Waals surface area contributed by atoms with Crippen LogP contribution in [0.3, 0.4) is 0 Å². The third-order valence-corrected chi connectivity index (χ3v) is 5.01. The minimum atomic E-state index is -0.326. The zero-order valence-corrected chi connectivity index (χ0v) is 13.3. The van der Waals surface area contributed by atoms with Crippen molar-refractivity contribution in [3.63, 3.8) is 0 Å². The standard InChI is InChI=1S/C20H19FN2O/c21-20-18(14-6-4-13(12-22)5-7-14)2-1-3-19(20)24-17-10-15-8-9-16(11-17)23-15/h1-7,15-17,23H,8-11H2. The van der Waals surface area contributed by atoms with Crippen molar-refractivity contribution >= 4 is 0 Å². The van der Waals surface area contributed by atoms with Gasteiger partial charge in [-0.05, 0) is 49.4 Å². The molecule has 2 aliphatic rings. The second-order valence-corrected chi connectivity index (χ2v) is 6.66. The number of ether oxygens (including phenoxy) is 1. The van der Waals surface area contributed by atoms with Gasteiger partial charge in [0.2, 0.25) is 0 Å². The Morgan fingerprint density at radius 2 is 1.75 bits per heavy atom. The summed E-state index contributed by atoms with van der Waals surface area (Å²) in [5, 5.41) is 12.4. The fourth-order valence-corrected chi connectivity index (χ4v) is 3.83. The van der Waals surface area contributed by atoms with E-state index in [0.717, 1.165) is 18.4 Å². The molecule has 2 bridgehead atoms. The highest BCUT2D eigenvalue weighted by Gasteiger charge is 2.34. The molecule has 0 aliphatic carbocycles. The molecular weight excluding hydrogens is 303 g/mol. The third kappa shape index (κ3) is 2.88. The summed E-state index contributed by atoms with van der Waals surface area (Å²) in [6.45, 7) is 0. The fourth-order valence-electron chi connectivity index (χ4n) is 3.83. The van der Waals surface area contributed by atoms with Crippen LogP contribution in [0, 0.1) is 17.1 Å². The van der Waals surface area contributed by atoms with Crippen LogP contribution in [-0.4, -0.2) is 18.2 Å². The first-order chi connectivity index (χ1) is 11.7. The van der Waals surface area contributed by atoms with Crippen molar-refractivity contribution in [2.24, 2.45) is 0 Å². The van der Waals surface area contributed by atoms with Crippen LogP contribution in [0.1, 0.15) is 31.2 Å². The zero-order valence-electron chi connectivity index (χ0n) is 13.3. The SMILES string of the molecule is N#Cc1ccc(-c2cccc(OC3CC4CCC(C3)N4)c2F)cc1. The molecule has 3 nitrogen and oxygen atoms in total. The number of benzene rings is 2. The van der Waals surface area contributed by atoms with Crippen LogP contribution in [0.25, 0.3) is 11.1 Å². The summed E-state index contributed by atoms with van der Waals surface area (Å²) >= 11 is 0. The minimum absolute atomic E-state index is 0.0782. The van der Waals surface area contributed by atoms with Crippen molar-refractivity contribution in [3.05, 3.63) is 53.8 Å². The maximum Gasteiger partial charge on any atom is 0.172 e. The van der Waals surface area contributed by atoms with Gasteiger partial charge in [0, 0.05) is 17.6 Å². The highest BCUT2D eigenvalue weighted by molar-refractivity contribution is 5.66. The number of halogens is 1. The van der Waals surface area contributed by atoms with Crippen LogP contribution in [-0.2, 0) is 0 Å². The lowest BCUT2D eigenvalue weighted by Crippen LogP contribution is -2.42. The molecule has 2 fully saturated rings. The topological polar surface area (TPSA) is 45.0 Å². The molecule has 1 N–H and O–H groups in total. The summed E-state index contributed by atoms with van der Waals surface area (Å²) in [6.07, 6.45) is 4.35. The molecule has 122 valence electrons. The van der Waals surface area contributed by atoms with Gasteiger partial charge in [0.25, 0.3) is 0 Å². The van der Waals surface area contributed by atoms with Crippen LogP contribution >= 0.6 is 0 Å². The van der Waals surface area contributed by atoms with E-state index in [0.29, 0.717) is 29.0 Å². The Hall–Kier alpha value is -2.38. The molecule has 4 rings (SSSR count). The number of hydrogen-bond donors (Lipinski definition) is 1. The summed E-state index contributed by atoms with van der Waals surface area (Å²) in [7, 11) is 0. The van der Waals surface area contributed by atoms with Crippen molar-refractivity contribution in [1.29, 1.82) is 5.26 Å². The van der Waals surface area contributed by atoms with E-state index in [1.165, 1.54) is 12.8 Å². The molecule has 2 aliphatic heterocycles. The molecule has 2 saturated heterocycles. The van der Waals surface area contributed by atoms with Gasteiger partial charge in [-0.15, -0.1) is 0 Å². The second-order valence-electron chi connectivity index (χ2n) is 6.66. The maximum absolute atomic E-state index is 14.9. The van der Waals surface area contributed by atoms with Gasteiger partial charge in [-0.1, -0.05) is 24.3 Å². The molecule has 2 aromatic carbocycles. The summed E-state index contributed by atoms with van der Waals surface area (Å²) in [5.74, 6) is -0.00348. The van der Waals surface area contributed by atoms with E-state index in [4.69, 9.17) is 10.00 Å².